The highest BCUT2D eigenvalue weighted by molar-refractivity contribution is 5.81. The van der Waals surface area contributed by atoms with E-state index in [1.165, 1.54) is 0 Å². The van der Waals surface area contributed by atoms with Crippen molar-refractivity contribution in [1.82, 2.24) is 24.6 Å². The summed E-state index contributed by atoms with van der Waals surface area (Å²) < 4.78 is 7.73. The number of carbonyl (C=O) groups is 1. The molecule has 1 atom stereocenters. The molecular formula is C22H26N6O2. The van der Waals surface area contributed by atoms with Crippen LogP contribution >= 0.6 is 0 Å². The summed E-state index contributed by atoms with van der Waals surface area (Å²) in [6.07, 6.45) is 4.70. The maximum atomic E-state index is 12.8. The third-order valence-electron chi connectivity index (χ3n) is 5.18. The van der Waals surface area contributed by atoms with Crippen molar-refractivity contribution < 1.29 is 9.53 Å². The molecule has 156 valence electrons. The lowest BCUT2D eigenvalue weighted by atomic mass is 10.1. The van der Waals surface area contributed by atoms with E-state index in [4.69, 9.17) is 4.74 Å². The van der Waals surface area contributed by atoms with E-state index in [1.54, 1.807) is 12.5 Å². The van der Waals surface area contributed by atoms with Gasteiger partial charge in [-0.05, 0) is 56.2 Å². The molecule has 3 aromatic rings. The summed E-state index contributed by atoms with van der Waals surface area (Å²) in [5, 5.41) is 8.61. The molecule has 1 aromatic carbocycles. The lowest BCUT2D eigenvalue weighted by molar-refractivity contribution is -0.138. The molecule has 0 bridgehead atoms. The molecule has 30 heavy (non-hydrogen) atoms. The van der Waals surface area contributed by atoms with E-state index in [2.05, 4.69) is 26.1 Å². The molecule has 1 amide bonds. The minimum atomic E-state index is -0.521. The average molecular weight is 406 g/mol. The topological polar surface area (TPSA) is 76.4 Å². The summed E-state index contributed by atoms with van der Waals surface area (Å²) in [6, 6.07) is 9.87. The highest BCUT2D eigenvalue weighted by Crippen LogP contribution is 2.19. The van der Waals surface area contributed by atoms with Gasteiger partial charge in [0.2, 0.25) is 0 Å². The van der Waals surface area contributed by atoms with Crippen LogP contribution in [-0.2, 0) is 4.79 Å². The summed E-state index contributed by atoms with van der Waals surface area (Å²) in [5.41, 5.74) is 2.25. The van der Waals surface area contributed by atoms with Gasteiger partial charge < -0.3 is 14.5 Å². The molecule has 2 aromatic heterocycles. The summed E-state index contributed by atoms with van der Waals surface area (Å²) >= 11 is 0. The van der Waals surface area contributed by atoms with E-state index in [0.29, 0.717) is 26.2 Å². The second-order valence-corrected chi connectivity index (χ2v) is 7.62. The van der Waals surface area contributed by atoms with Gasteiger partial charge in [-0.1, -0.05) is 6.07 Å². The Morgan fingerprint density at radius 2 is 1.67 bits per heavy atom. The first-order valence-corrected chi connectivity index (χ1v) is 10.1. The van der Waals surface area contributed by atoms with Crippen molar-refractivity contribution in [2.24, 2.45) is 0 Å². The number of aryl methyl sites for hydroxylation is 2. The molecular weight excluding hydrogens is 380 g/mol. The molecule has 1 saturated heterocycles. The molecule has 3 heterocycles. The number of hydrogen-bond acceptors (Lipinski definition) is 6. The number of nitrogens with zero attached hydrogens (tertiary/aromatic N) is 6. The number of imidazole rings is 1. The predicted octanol–water partition coefficient (Wildman–Crippen LogP) is 2.40. The van der Waals surface area contributed by atoms with E-state index in [9.17, 15) is 4.79 Å². The van der Waals surface area contributed by atoms with Gasteiger partial charge in [-0.2, -0.15) is 0 Å². The number of anilines is 1. The average Bonchev–Trinajstić information content (AvgIpc) is 3.28. The molecule has 0 radical (unpaired) electrons. The minimum absolute atomic E-state index is 0.00958. The van der Waals surface area contributed by atoms with Gasteiger partial charge in [0.1, 0.15) is 12.1 Å². The zero-order valence-electron chi connectivity index (χ0n) is 17.5. The Bertz CT molecular complexity index is 975. The Morgan fingerprint density at radius 1 is 1.00 bits per heavy atom. The van der Waals surface area contributed by atoms with Crippen molar-refractivity contribution in [3.05, 3.63) is 60.2 Å². The van der Waals surface area contributed by atoms with E-state index < -0.39 is 6.10 Å². The van der Waals surface area contributed by atoms with Crippen LogP contribution in [0.25, 0.3) is 5.82 Å². The molecule has 1 aliphatic heterocycles. The number of piperazine rings is 1. The van der Waals surface area contributed by atoms with Crippen LogP contribution in [0.1, 0.15) is 18.1 Å². The van der Waals surface area contributed by atoms with E-state index in [0.717, 1.165) is 28.5 Å². The fraction of sp³-hybridized carbons (Fsp3) is 0.364. The molecule has 0 aliphatic carbocycles. The van der Waals surface area contributed by atoms with Crippen LogP contribution in [0.3, 0.4) is 0 Å². The normalized spacial score (nSPS) is 15.2. The van der Waals surface area contributed by atoms with Crippen LogP contribution in [0, 0.1) is 13.8 Å². The summed E-state index contributed by atoms with van der Waals surface area (Å²) in [4.78, 5) is 20.9. The Morgan fingerprint density at radius 3 is 2.27 bits per heavy atom. The van der Waals surface area contributed by atoms with Crippen molar-refractivity contribution in [2.45, 2.75) is 26.9 Å². The van der Waals surface area contributed by atoms with Crippen LogP contribution in [0.5, 0.6) is 5.75 Å². The van der Waals surface area contributed by atoms with Crippen LogP contribution in [0.15, 0.2) is 49.1 Å². The Kier molecular flexibility index (Phi) is 5.65. The van der Waals surface area contributed by atoms with E-state index in [-0.39, 0.29) is 5.91 Å². The second-order valence-electron chi connectivity index (χ2n) is 7.62. The predicted molar refractivity (Wildman–Crippen MR) is 114 cm³/mol. The summed E-state index contributed by atoms with van der Waals surface area (Å²) in [6.45, 7) is 8.54. The van der Waals surface area contributed by atoms with Crippen LogP contribution < -0.4 is 9.64 Å². The third kappa shape index (κ3) is 4.42. The van der Waals surface area contributed by atoms with Gasteiger partial charge in [0.25, 0.3) is 5.91 Å². The van der Waals surface area contributed by atoms with Crippen molar-refractivity contribution in [3.63, 3.8) is 0 Å². The molecule has 8 heteroatoms. The minimum Gasteiger partial charge on any atom is -0.481 e. The number of benzene rings is 1. The Balaban J connectivity index is 1.32. The van der Waals surface area contributed by atoms with Gasteiger partial charge in [-0.3, -0.25) is 9.36 Å². The fourth-order valence-corrected chi connectivity index (χ4v) is 3.69. The molecule has 0 N–H and O–H groups in total. The summed E-state index contributed by atoms with van der Waals surface area (Å²) in [5.74, 6) is 2.28. The van der Waals surface area contributed by atoms with Crippen LogP contribution in [0.2, 0.25) is 0 Å². The Hall–Kier alpha value is -3.42. The number of hydrogen-bond donors (Lipinski definition) is 0. The first-order valence-electron chi connectivity index (χ1n) is 10.1. The van der Waals surface area contributed by atoms with Gasteiger partial charge >= 0.3 is 0 Å². The largest absolute Gasteiger partial charge is 0.481 e. The standard InChI is InChI=1S/C22H26N6O2/c1-16-12-17(2)14-19(13-16)30-18(3)22(29)27-10-8-26(9-11-27)20-4-5-21(25-24-20)28-7-6-23-15-28/h4-7,12-15,18H,8-11H2,1-3H3. The van der Waals surface area contributed by atoms with Gasteiger partial charge in [-0.15, -0.1) is 10.2 Å². The number of rotatable bonds is 5. The number of ether oxygens (including phenoxy) is 1. The zero-order valence-corrected chi connectivity index (χ0v) is 17.5. The smallest absolute Gasteiger partial charge is 0.263 e. The van der Waals surface area contributed by atoms with Crippen molar-refractivity contribution in [2.75, 3.05) is 31.1 Å². The molecule has 1 unspecified atom stereocenters. The number of carbonyl (C=O) groups excluding carboxylic acids is 1. The van der Waals surface area contributed by atoms with E-state index >= 15 is 0 Å². The molecule has 4 rings (SSSR count). The second kappa shape index (κ2) is 8.52. The maximum absolute atomic E-state index is 12.8. The molecule has 0 spiro atoms. The first kappa shape index (κ1) is 19.9. The third-order valence-corrected chi connectivity index (χ3v) is 5.18. The first-order chi connectivity index (χ1) is 14.5. The molecule has 1 aliphatic rings. The molecule has 0 saturated carbocycles. The van der Waals surface area contributed by atoms with Gasteiger partial charge in [0.15, 0.2) is 17.7 Å². The highest BCUT2D eigenvalue weighted by atomic mass is 16.5. The quantitative estimate of drug-likeness (QED) is 0.648. The van der Waals surface area contributed by atoms with Crippen LogP contribution in [-0.4, -0.2) is 62.8 Å². The van der Waals surface area contributed by atoms with Gasteiger partial charge in [0, 0.05) is 38.6 Å². The van der Waals surface area contributed by atoms with Gasteiger partial charge in [-0.25, -0.2) is 4.98 Å². The van der Waals surface area contributed by atoms with Gasteiger partial charge in [0.05, 0.1) is 0 Å². The SMILES string of the molecule is Cc1cc(C)cc(OC(C)C(=O)N2CCN(c3ccc(-n4ccnc4)nn3)CC2)c1. The Labute approximate surface area is 176 Å². The molecule has 1 fully saturated rings. The maximum Gasteiger partial charge on any atom is 0.263 e. The number of aromatic nitrogens is 4. The summed E-state index contributed by atoms with van der Waals surface area (Å²) in [7, 11) is 0. The lowest BCUT2D eigenvalue weighted by Gasteiger charge is -2.36. The molecule has 8 nitrogen and oxygen atoms in total. The number of amides is 1. The van der Waals surface area contributed by atoms with Crippen molar-refractivity contribution in [3.8, 4) is 11.6 Å². The zero-order chi connectivity index (χ0) is 21.1. The van der Waals surface area contributed by atoms with Crippen molar-refractivity contribution >= 4 is 11.7 Å². The monoisotopic (exact) mass is 406 g/mol. The highest BCUT2D eigenvalue weighted by Gasteiger charge is 2.26. The van der Waals surface area contributed by atoms with E-state index in [1.807, 2.05) is 60.7 Å². The fourth-order valence-electron chi connectivity index (χ4n) is 3.69. The lowest BCUT2D eigenvalue weighted by Crippen LogP contribution is -2.52. The van der Waals surface area contributed by atoms with Crippen molar-refractivity contribution in [1.29, 1.82) is 0 Å². The van der Waals surface area contributed by atoms with Crippen LogP contribution in [0.4, 0.5) is 5.82 Å².